The van der Waals surface area contributed by atoms with E-state index in [1.807, 2.05) is 0 Å². The minimum atomic E-state index is -1.06. The Bertz CT molecular complexity index is 978. The topological polar surface area (TPSA) is 70.8 Å². The van der Waals surface area contributed by atoms with Crippen LogP contribution in [0.15, 0.2) is 53.5 Å². The quantitative estimate of drug-likeness (QED) is 0.717. The zero-order valence-electron chi connectivity index (χ0n) is 12.6. The number of rotatable bonds is 3. The molecular weight excluding hydrogens is 318 g/mol. The van der Waals surface area contributed by atoms with Crippen molar-refractivity contribution >= 4 is 11.6 Å². The maximum absolute atomic E-state index is 13.4. The lowest BCUT2D eigenvalue weighted by Crippen LogP contribution is -2.34. The van der Waals surface area contributed by atoms with Gasteiger partial charge in [-0.05, 0) is 24.3 Å². The first-order chi connectivity index (χ1) is 11.5. The first-order valence-electron chi connectivity index (χ1n) is 7.02. The molecule has 0 bridgehead atoms. The molecule has 0 unspecified atom stereocenters. The van der Waals surface area contributed by atoms with Crippen molar-refractivity contribution < 1.29 is 18.3 Å². The number of carbonyl (C=O) groups excluding carboxylic acids is 1. The molecule has 122 valence electrons. The molecule has 3 rings (SSSR count). The van der Waals surface area contributed by atoms with Gasteiger partial charge in [0.1, 0.15) is 0 Å². The number of nitrogens with one attached hydrogen (secondary N) is 2. The lowest BCUT2D eigenvalue weighted by Gasteiger charge is -2.05. The van der Waals surface area contributed by atoms with E-state index < -0.39 is 17.2 Å². The van der Waals surface area contributed by atoms with Gasteiger partial charge in [0.05, 0.1) is 5.69 Å². The molecule has 1 amide bonds. The van der Waals surface area contributed by atoms with Gasteiger partial charge in [0.15, 0.2) is 23.0 Å². The van der Waals surface area contributed by atoms with Crippen LogP contribution in [0.3, 0.4) is 0 Å². The zero-order valence-corrected chi connectivity index (χ0v) is 12.6. The highest BCUT2D eigenvalue weighted by Gasteiger charge is 2.18. The number of benzene rings is 2. The Balaban J connectivity index is 2.08. The minimum absolute atomic E-state index is 0.148. The fourth-order valence-electron chi connectivity index (χ4n) is 2.27. The average Bonchev–Trinajstić information content (AvgIpc) is 2.92. The third-order valence-corrected chi connectivity index (χ3v) is 3.30. The summed E-state index contributed by atoms with van der Waals surface area (Å²) in [5.41, 5.74) is 0.688. The second-order valence-corrected chi connectivity index (χ2v) is 5.07. The van der Waals surface area contributed by atoms with E-state index in [9.17, 15) is 18.4 Å². The van der Waals surface area contributed by atoms with Crippen molar-refractivity contribution in [1.82, 2.24) is 9.90 Å². The van der Waals surface area contributed by atoms with Gasteiger partial charge in [0, 0.05) is 13.0 Å². The van der Waals surface area contributed by atoms with Crippen LogP contribution in [-0.4, -0.2) is 15.8 Å². The average molecular weight is 331 g/mol. The molecule has 3 aromatic rings. The number of aromatic amines is 1. The van der Waals surface area contributed by atoms with Gasteiger partial charge in [-0.15, -0.1) is 4.68 Å². The number of amides is 1. The van der Waals surface area contributed by atoms with E-state index in [4.69, 9.17) is 0 Å². The Morgan fingerprint density at radius 1 is 1.17 bits per heavy atom. The van der Waals surface area contributed by atoms with Gasteiger partial charge in [-0.1, -0.05) is 22.0 Å². The molecule has 2 aromatic carbocycles. The number of nitrogens with zero attached hydrogens (tertiary/aromatic N) is 2. The number of para-hydroxylation sites is 2. The number of aromatic nitrogens is 3. The summed E-state index contributed by atoms with van der Waals surface area (Å²) >= 11 is 0. The molecular formula is C16H13F2N4O2+. The van der Waals surface area contributed by atoms with Crippen molar-refractivity contribution in [2.75, 3.05) is 5.32 Å². The fourth-order valence-corrected chi connectivity index (χ4v) is 2.27. The Hall–Kier alpha value is -3.29. The van der Waals surface area contributed by atoms with E-state index in [-0.39, 0.29) is 11.6 Å². The maximum Gasteiger partial charge on any atom is 0.398 e. The van der Waals surface area contributed by atoms with Crippen molar-refractivity contribution in [3.63, 3.8) is 0 Å². The van der Waals surface area contributed by atoms with Crippen LogP contribution in [0.25, 0.3) is 11.4 Å². The summed E-state index contributed by atoms with van der Waals surface area (Å²) in [7, 11) is 0. The van der Waals surface area contributed by atoms with Crippen LogP contribution < -0.4 is 15.6 Å². The molecule has 1 heterocycles. The highest BCUT2D eigenvalue weighted by molar-refractivity contribution is 5.90. The second-order valence-electron chi connectivity index (χ2n) is 5.07. The molecule has 1 aromatic heterocycles. The lowest BCUT2D eigenvalue weighted by atomic mass is 10.2. The van der Waals surface area contributed by atoms with Gasteiger partial charge in [0.2, 0.25) is 12.1 Å². The molecule has 0 fully saturated rings. The van der Waals surface area contributed by atoms with Gasteiger partial charge in [-0.25, -0.2) is 13.6 Å². The number of carbonyl (C=O) groups is 1. The first-order valence-corrected chi connectivity index (χ1v) is 7.02. The van der Waals surface area contributed by atoms with Crippen molar-refractivity contribution in [2.45, 2.75) is 6.92 Å². The maximum atomic E-state index is 13.4. The molecule has 0 saturated heterocycles. The molecule has 0 spiro atoms. The lowest BCUT2D eigenvalue weighted by molar-refractivity contribution is -0.660. The molecule has 0 atom stereocenters. The van der Waals surface area contributed by atoms with Gasteiger partial charge in [-0.3, -0.25) is 4.79 Å². The van der Waals surface area contributed by atoms with Crippen LogP contribution in [0.1, 0.15) is 6.92 Å². The molecule has 0 radical (unpaired) electrons. The molecule has 0 aliphatic rings. The predicted octanol–water partition coefficient (Wildman–Crippen LogP) is 1.68. The Morgan fingerprint density at radius 2 is 1.92 bits per heavy atom. The summed E-state index contributed by atoms with van der Waals surface area (Å²) in [5.74, 6) is -2.31. The number of anilines is 1. The van der Waals surface area contributed by atoms with Crippen molar-refractivity contribution in [3.8, 4) is 11.4 Å². The van der Waals surface area contributed by atoms with Crippen LogP contribution in [0.4, 0.5) is 14.5 Å². The van der Waals surface area contributed by atoms with Crippen LogP contribution in [-0.2, 0) is 4.79 Å². The number of H-pyrrole nitrogens is 1. The number of halogens is 2. The van der Waals surface area contributed by atoms with Crippen LogP contribution in [0.2, 0.25) is 0 Å². The Kier molecular flexibility index (Phi) is 3.95. The molecule has 6 nitrogen and oxygen atoms in total. The van der Waals surface area contributed by atoms with E-state index in [0.717, 1.165) is 16.8 Å². The molecule has 8 heteroatoms. The molecule has 0 aliphatic heterocycles. The van der Waals surface area contributed by atoms with Gasteiger partial charge < -0.3 is 5.32 Å². The van der Waals surface area contributed by atoms with Crippen molar-refractivity contribution in [3.05, 3.63) is 70.6 Å². The van der Waals surface area contributed by atoms with Crippen LogP contribution in [0.5, 0.6) is 0 Å². The molecule has 2 N–H and O–H groups in total. The summed E-state index contributed by atoms with van der Waals surface area (Å²) in [6, 6.07) is 9.97. The molecule has 0 aliphatic carbocycles. The van der Waals surface area contributed by atoms with Crippen molar-refractivity contribution in [1.29, 1.82) is 0 Å². The van der Waals surface area contributed by atoms with Gasteiger partial charge in [0.25, 0.3) is 0 Å². The SMILES string of the molecule is CC(=O)Nc1ccccc1-[n+]1cc(=O)n(-c2ccc(F)c(F)c2)[nH]1. The van der Waals surface area contributed by atoms with Gasteiger partial charge in [-0.2, -0.15) is 0 Å². The third-order valence-electron chi connectivity index (χ3n) is 3.30. The smallest absolute Gasteiger partial charge is 0.323 e. The highest BCUT2D eigenvalue weighted by atomic mass is 19.2. The van der Waals surface area contributed by atoms with Crippen molar-refractivity contribution in [2.24, 2.45) is 0 Å². The minimum Gasteiger partial charge on any atom is -0.323 e. The molecule has 24 heavy (non-hydrogen) atoms. The molecule has 0 saturated carbocycles. The third kappa shape index (κ3) is 2.94. The van der Waals surface area contributed by atoms with E-state index >= 15 is 0 Å². The van der Waals surface area contributed by atoms with E-state index in [1.54, 1.807) is 24.3 Å². The summed E-state index contributed by atoms with van der Waals surface area (Å²) in [6.07, 6.45) is 1.24. The normalized spacial score (nSPS) is 10.6. The summed E-state index contributed by atoms with van der Waals surface area (Å²) in [4.78, 5) is 23.4. The summed E-state index contributed by atoms with van der Waals surface area (Å²) in [5, 5.41) is 5.41. The standard InChI is InChI=1S/C16H12F2N4O2/c1-10(23)19-14-4-2-3-5-15(14)21-9-16(24)22(20-21)11-6-7-12(17)13(18)8-11/h2-9H,1H3,(H-,19,20,23,24)/p+1. The number of hydrogen-bond donors (Lipinski definition) is 2. The zero-order chi connectivity index (χ0) is 17.3. The highest BCUT2D eigenvalue weighted by Crippen LogP contribution is 2.14. The summed E-state index contributed by atoms with van der Waals surface area (Å²) < 4.78 is 28.9. The Labute approximate surface area is 134 Å². The second kappa shape index (κ2) is 6.07. The first kappa shape index (κ1) is 15.6. The largest absolute Gasteiger partial charge is 0.398 e. The van der Waals surface area contributed by atoms with E-state index in [1.165, 1.54) is 23.9 Å². The van der Waals surface area contributed by atoms with E-state index in [2.05, 4.69) is 10.5 Å². The predicted molar refractivity (Wildman–Crippen MR) is 82.1 cm³/mol. The number of hydrogen-bond acceptors (Lipinski definition) is 2. The van der Waals surface area contributed by atoms with Crippen LogP contribution in [0, 0.1) is 11.6 Å². The fraction of sp³-hybridized carbons (Fsp3) is 0.0625. The monoisotopic (exact) mass is 331 g/mol. The summed E-state index contributed by atoms with van der Waals surface area (Å²) in [6.45, 7) is 1.37. The van der Waals surface area contributed by atoms with E-state index in [0.29, 0.717) is 11.4 Å². The van der Waals surface area contributed by atoms with Crippen LogP contribution >= 0.6 is 0 Å². The van der Waals surface area contributed by atoms with Gasteiger partial charge >= 0.3 is 5.56 Å². The Morgan fingerprint density at radius 3 is 2.62 bits per heavy atom.